The van der Waals surface area contributed by atoms with Gasteiger partial charge in [-0.25, -0.2) is 9.78 Å². The minimum atomic E-state index is -0.455. The van der Waals surface area contributed by atoms with Crippen molar-refractivity contribution in [1.29, 1.82) is 0 Å². The molecule has 0 saturated heterocycles. The molecule has 84 valence electrons. The van der Waals surface area contributed by atoms with Crippen molar-refractivity contribution >= 4 is 33.9 Å². The fraction of sp³-hybridized carbons (Fsp3) is 0. The maximum atomic E-state index is 11.9. The molecule has 0 unspecified atom stereocenters. The highest BCUT2D eigenvalue weighted by Crippen LogP contribution is 2.32. The van der Waals surface area contributed by atoms with Crippen molar-refractivity contribution in [2.24, 2.45) is 0 Å². The molecule has 0 aliphatic carbocycles. The Kier molecular flexibility index (Phi) is 2.46. The lowest BCUT2D eigenvalue weighted by Gasteiger charge is -2.02. The van der Waals surface area contributed by atoms with Crippen LogP contribution in [0.4, 0.5) is 0 Å². The first kappa shape index (κ1) is 10.5. The number of aromatic nitrogens is 1. The predicted octanol–water partition coefficient (Wildman–Crippen LogP) is 3.57. The molecule has 0 N–H and O–H groups in total. The van der Waals surface area contributed by atoms with Gasteiger partial charge in [0.05, 0.1) is 5.02 Å². The van der Waals surface area contributed by atoms with Gasteiger partial charge in [-0.3, -0.25) is 0 Å². The Bertz CT molecular complexity index is 734. The smallest absolute Gasteiger partial charge is 0.348 e. The van der Waals surface area contributed by atoms with E-state index in [9.17, 15) is 4.79 Å². The number of halogens is 1. The maximum Gasteiger partial charge on any atom is 0.348 e. The van der Waals surface area contributed by atoms with E-state index in [1.165, 1.54) is 11.3 Å². The van der Waals surface area contributed by atoms with Gasteiger partial charge in [0.15, 0.2) is 0 Å². The molecule has 5 heteroatoms. The summed E-state index contributed by atoms with van der Waals surface area (Å²) in [7, 11) is 0. The van der Waals surface area contributed by atoms with Crippen LogP contribution in [0.15, 0.2) is 45.1 Å². The molecule has 2 heterocycles. The summed E-state index contributed by atoms with van der Waals surface area (Å²) in [5.74, 6) is 0. The molecular formula is C12H6ClNO2S. The molecule has 1 aromatic carbocycles. The number of para-hydroxylation sites is 1. The zero-order chi connectivity index (χ0) is 11.8. The molecule has 0 bridgehead atoms. The average Bonchev–Trinajstić information content (AvgIpc) is 2.83. The lowest BCUT2D eigenvalue weighted by molar-refractivity contribution is 0.563. The quantitative estimate of drug-likeness (QED) is 0.631. The third-order valence-electron chi connectivity index (χ3n) is 2.40. The molecule has 0 spiro atoms. The second-order valence-electron chi connectivity index (χ2n) is 3.41. The molecule has 17 heavy (non-hydrogen) atoms. The van der Waals surface area contributed by atoms with E-state index in [1.54, 1.807) is 23.7 Å². The van der Waals surface area contributed by atoms with E-state index in [1.807, 2.05) is 12.1 Å². The summed E-state index contributed by atoms with van der Waals surface area (Å²) in [6.07, 6.45) is 1.63. The van der Waals surface area contributed by atoms with Gasteiger partial charge in [0.1, 0.15) is 16.2 Å². The lowest BCUT2D eigenvalue weighted by Crippen LogP contribution is -2.03. The molecule has 0 aliphatic rings. The Morgan fingerprint density at radius 1 is 1.29 bits per heavy atom. The van der Waals surface area contributed by atoms with Crippen LogP contribution in [-0.2, 0) is 0 Å². The van der Waals surface area contributed by atoms with Crippen LogP contribution in [-0.4, -0.2) is 4.98 Å². The SMILES string of the molecule is O=c1oc2ccccc2c(Cl)c1-c1nccs1. The van der Waals surface area contributed by atoms with Crippen LogP contribution >= 0.6 is 22.9 Å². The Hall–Kier alpha value is -1.65. The van der Waals surface area contributed by atoms with Crippen molar-refractivity contribution in [1.82, 2.24) is 4.98 Å². The van der Waals surface area contributed by atoms with Gasteiger partial charge in [-0.1, -0.05) is 23.7 Å². The van der Waals surface area contributed by atoms with Crippen molar-refractivity contribution in [2.45, 2.75) is 0 Å². The molecule has 0 radical (unpaired) electrons. The number of nitrogens with zero attached hydrogens (tertiary/aromatic N) is 1. The van der Waals surface area contributed by atoms with E-state index in [0.717, 1.165) is 5.39 Å². The van der Waals surface area contributed by atoms with E-state index in [4.69, 9.17) is 16.0 Å². The number of hydrogen-bond acceptors (Lipinski definition) is 4. The van der Waals surface area contributed by atoms with E-state index in [0.29, 0.717) is 21.2 Å². The maximum absolute atomic E-state index is 11.9. The number of thiazole rings is 1. The standard InChI is InChI=1S/C12H6ClNO2S/c13-10-7-3-1-2-4-8(7)16-12(15)9(10)11-14-5-6-17-11/h1-6H. The molecule has 3 rings (SSSR count). The monoisotopic (exact) mass is 263 g/mol. The van der Waals surface area contributed by atoms with E-state index in [-0.39, 0.29) is 0 Å². The minimum Gasteiger partial charge on any atom is -0.422 e. The van der Waals surface area contributed by atoms with Gasteiger partial charge in [-0.05, 0) is 12.1 Å². The van der Waals surface area contributed by atoms with E-state index < -0.39 is 5.63 Å². The summed E-state index contributed by atoms with van der Waals surface area (Å²) >= 11 is 7.60. The van der Waals surface area contributed by atoms with Gasteiger partial charge >= 0.3 is 5.63 Å². The van der Waals surface area contributed by atoms with E-state index in [2.05, 4.69) is 4.98 Å². The van der Waals surface area contributed by atoms with Crippen LogP contribution in [0.25, 0.3) is 21.5 Å². The number of fused-ring (bicyclic) bond motifs is 1. The number of benzene rings is 1. The zero-order valence-electron chi connectivity index (χ0n) is 8.51. The van der Waals surface area contributed by atoms with Crippen molar-refractivity contribution in [3.05, 3.63) is 51.3 Å². The normalized spacial score (nSPS) is 10.9. The molecular weight excluding hydrogens is 258 g/mol. The number of rotatable bonds is 1. The van der Waals surface area contributed by atoms with Gasteiger partial charge in [-0.2, -0.15) is 0 Å². The predicted molar refractivity (Wildman–Crippen MR) is 68.6 cm³/mol. The summed E-state index contributed by atoms with van der Waals surface area (Å²) in [6, 6.07) is 7.18. The van der Waals surface area contributed by atoms with Crippen LogP contribution in [0.2, 0.25) is 5.02 Å². The van der Waals surface area contributed by atoms with Crippen LogP contribution in [0, 0.1) is 0 Å². The molecule has 2 aromatic heterocycles. The first-order chi connectivity index (χ1) is 8.27. The summed E-state index contributed by atoms with van der Waals surface area (Å²) in [5, 5.41) is 3.49. The van der Waals surface area contributed by atoms with Crippen molar-refractivity contribution in [3.8, 4) is 10.6 Å². The molecule has 0 amide bonds. The summed E-state index contributed by atoms with van der Waals surface area (Å²) < 4.78 is 5.22. The Labute approximate surface area is 105 Å². The van der Waals surface area contributed by atoms with Gasteiger partial charge < -0.3 is 4.42 Å². The fourth-order valence-corrected chi connectivity index (χ4v) is 2.69. The Morgan fingerprint density at radius 2 is 2.12 bits per heavy atom. The largest absolute Gasteiger partial charge is 0.422 e. The number of hydrogen-bond donors (Lipinski definition) is 0. The molecule has 0 atom stereocenters. The molecule has 0 saturated carbocycles. The van der Waals surface area contributed by atoms with Crippen LogP contribution in [0.1, 0.15) is 0 Å². The molecule has 3 nitrogen and oxygen atoms in total. The Balaban J connectivity index is 2.44. The second-order valence-corrected chi connectivity index (χ2v) is 4.68. The summed E-state index contributed by atoms with van der Waals surface area (Å²) in [4.78, 5) is 16.0. The molecule has 3 aromatic rings. The minimum absolute atomic E-state index is 0.334. The first-order valence-electron chi connectivity index (χ1n) is 4.88. The van der Waals surface area contributed by atoms with Gasteiger partial charge in [0.2, 0.25) is 0 Å². The highest BCUT2D eigenvalue weighted by atomic mass is 35.5. The highest BCUT2D eigenvalue weighted by Gasteiger charge is 2.16. The molecule has 0 aliphatic heterocycles. The van der Waals surface area contributed by atoms with Crippen LogP contribution in [0.3, 0.4) is 0 Å². The van der Waals surface area contributed by atoms with E-state index >= 15 is 0 Å². The van der Waals surface area contributed by atoms with Gasteiger partial charge in [0, 0.05) is 17.0 Å². The third kappa shape index (κ3) is 1.66. The van der Waals surface area contributed by atoms with Crippen molar-refractivity contribution in [3.63, 3.8) is 0 Å². The average molecular weight is 264 g/mol. The van der Waals surface area contributed by atoms with Crippen LogP contribution in [0.5, 0.6) is 0 Å². The van der Waals surface area contributed by atoms with Crippen molar-refractivity contribution in [2.75, 3.05) is 0 Å². The zero-order valence-corrected chi connectivity index (χ0v) is 10.1. The first-order valence-corrected chi connectivity index (χ1v) is 6.14. The van der Waals surface area contributed by atoms with Crippen molar-refractivity contribution < 1.29 is 4.42 Å². The highest BCUT2D eigenvalue weighted by molar-refractivity contribution is 7.13. The summed E-state index contributed by atoms with van der Waals surface area (Å²) in [6.45, 7) is 0. The van der Waals surface area contributed by atoms with Crippen LogP contribution < -0.4 is 5.63 Å². The lowest BCUT2D eigenvalue weighted by atomic mass is 10.2. The molecule has 0 fully saturated rings. The summed E-state index contributed by atoms with van der Waals surface area (Å²) in [5.41, 5.74) is 0.367. The Morgan fingerprint density at radius 3 is 2.88 bits per heavy atom. The topological polar surface area (TPSA) is 43.1 Å². The van der Waals surface area contributed by atoms with Gasteiger partial charge in [0.25, 0.3) is 0 Å². The fourth-order valence-electron chi connectivity index (χ4n) is 1.64. The second kappa shape index (κ2) is 3.98. The van der Waals surface area contributed by atoms with Gasteiger partial charge in [-0.15, -0.1) is 11.3 Å². The third-order valence-corrected chi connectivity index (χ3v) is 3.58.